The monoisotopic (exact) mass is 393 g/mol. The zero-order valence-electron chi connectivity index (χ0n) is 18.1. The zero-order valence-corrected chi connectivity index (χ0v) is 18.1. The van der Waals surface area contributed by atoms with Gasteiger partial charge in [-0.1, -0.05) is 37.6 Å². The predicted molar refractivity (Wildman–Crippen MR) is 121 cm³/mol. The second-order valence-corrected chi connectivity index (χ2v) is 7.14. The number of amides is 1. The van der Waals surface area contributed by atoms with Gasteiger partial charge in [0.15, 0.2) is 0 Å². The SMILES string of the molecule is C=C(/C=C(C)\C(=C/C)c1cc2cnc(NC(=O)C(C)OC)cc2cn1)CCCC. The van der Waals surface area contributed by atoms with Crippen LogP contribution in [0.4, 0.5) is 5.82 Å². The minimum absolute atomic E-state index is 0.232. The summed E-state index contributed by atoms with van der Waals surface area (Å²) >= 11 is 0. The summed E-state index contributed by atoms with van der Waals surface area (Å²) in [7, 11) is 1.50. The summed E-state index contributed by atoms with van der Waals surface area (Å²) in [5.74, 6) is 0.250. The number of fused-ring (bicyclic) bond motifs is 1. The van der Waals surface area contributed by atoms with Crippen LogP contribution in [0.25, 0.3) is 16.3 Å². The van der Waals surface area contributed by atoms with Crippen molar-refractivity contribution >= 4 is 28.1 Å². The van der Waals surface area contributed by atoms with Crippen LogP contribution in [-0.2, 0) is 9.53 Å². The number of pyridine rings is 2. The quantitative estimate of drug-likeness (QED) is 0.555. The molecule has 0 aromatic carbocycles. The standard InChI is InChI=1S/C24H31N3O2/c1-7-9-10-16(3)11-17(4)21(8-2)22-12-19-15-26-23(13-20(19)14-25-22)27-24(28)18(5)29-6/h8,11-15,18H,3,7,9-10H2,1-2,4-6H3,(H,26,27,28)/b17-11-,21-8+. The fourth-order valence-electron chi connectivity index (χ4n) is 3.03. The lowest BCUT2D eigenvalue weighted by Gasteiger charge is -2.12. The maximum Gasteiger partial charge on any atom is 0.254 e. The van der Waals surface area contributed by atoms with Gasteiger partial charge in [-0.15, -0.1) is 0 Å². The van der Waals surface area contributed by atoms with Crippen LogP contribution in [-0.4, -0.2) is 29.1 Å². The molecule has 1 N–H and O–H groups in total. The van der Waals surface area contributed by atoms with E-state index in [1.165, 1.54) is 7.11 Å². The Hall–Kier alpha value is -2.79. The molecular weight excluding hydrogens is 362 g/mol. The Morgan fingerprint density at radius 1 is 1.28 bits per heavy atom. The van der Waals surface area contributed by atoms with Gasteiger partial charge in [0.05, 0.1) is 5.69 Å². The topological polar surface area (TPSA) is 64.1 Å². The number of carbonyl (C=O) groups excluding carboxylic acids is 1. The molecule has 1 atom stereocenters. The van der Waals surface area contributed by atoms with Crippen molar-refractivity contribution < 1.29 is 9.53 Å². The number of nitrogens with zero attached hydrogens (tertiary/aromatic N) is 2. The van der Waals surface area contributed by atoms with Gasteiger partial charge in [0.2, 0.25) is 0 Å². The van der Waals surface area contributed by atoms with Crippen LogP contribution in [0.1, 0.15) is 52.7 Å². The molecule has 0 saturated carbocycles. The first-order chi connectivity index (χ1) is 13.9. The van der Waals surface area contributed by atoms with Gasteiger partial charge < -0.3 is 10.1 Å². The number of aromatic nitrogens is 2. The molecule has 5 heteroatoms. The van der Waals surface area contributed by atoms with Crippen molar-refractivity contribution in [2.24, 2.45) is 0 Å². The summed E-state index contributed by atoms with van der Waals surface area (Å²) in [5, 5.41) is 4.63. The molecule has 0 aliphatic rings. The predicted octanol–water partition coefficient (Wildman–Crippen LogP) is 5.70. The van der Waals surface area contributed by atoms with Crippen molar-refractivity contribution in [3.63, 3.8) is 0 Å². The number of hydrogen-bond donors (Lipinski definition) is 1. The highest BCUT2D eigenvalue weighted by atomic mass is 16.5. The molecule has 0 aliphatic carbocycles. The Morgan fingerprint density at radius 2 is 1.97 bits per heavy atom. The van der Waals surface area contributed by atoms with E-state index < -0.39 is 6.10 Å². The van der Waals surface area contributed by atoms with Gasteiger partial charge in [-0.2, -0.15) is 0 Å². The molecule has 0 saturated heterocycles. The summed E-state index contributed by atoms with van der Waals surface area (Å²) in [4.78, 5) is 21.0. The number of methoxy groups -OCH3 is 1. The van der Waals surface area contributed by atoms with E-state index in [9.17, 15) is 4.79 Å². The first-order valence-electron chi connectivity index (χ1n) is 10.0. The fourth-order valence-corrected chi connectivity index (χ4v) is 3.03. The summed E-state index contributed by atoms with van der Waals surface area (Å²) in [6.07, 6.45) is 10.6. The fraction of sp³-hybridized carbons (Fsp3) is 0.375. The highest BCUT2D eigenvalue weighted by Gasteiger charge is 2.13. The molecule has 1 amide bonds. The van der Waals surface area contributed by atoms with E-state index in [1.54, 1.807) is 13.1 Å². The van der Waals surface area contributed by atoms with Crippen molar-refractivity contribution in [1.29, 1.82) is 0 Å². The summed E-state index contributed by atoms with van der Waals surface area (Å²) in [6.45, 7) is 12.1. The minimum atomic E-state index is -0.535. The van der Waals surface area contributed by atoms with Crippen LogP contribution in [0.15, 0.2) is 54.4 Å². The lowest BCUT2D eigenvalue weighted by atomic mass is 9.98. The van der Waals surface area contributed by atoms with E-state index in [-0.39, 0.29) is 5.91 Å². The molecule has 2 aromatic rings. The van der Waals surface area contributed by atoms with Gasteiger partial charge in [-0.05, 0) is 56.9 Å². The first kappa shape index (κ1) is 22.5. The molecule has 0 bridgehead atoms. The number of allylic oxidation sites excluding steroid dienone is 5. The number of hydrogen-bond acceptors (Lipinski definition) is 4. The van der Waals surface area contributed by atoms with Gasteiger partial charge in [-0.3, -0.25) is 9.78 Å². The van der Waals surface area contributed by atoms with Crippen molar-refractivity contribution in [3.05, 3.63) is 60.1 Å². The summed E-state index contributed by atoms with van der Waals surface area (Å²) in [5.41, 5.74) is 4.25. The van der Waals surface area contributed by atoms with Gasteiger partial charge in [0.25, 0.3) is 5.91 Å². The number of carbonyl (C=O) groups is 1. The van der Waals surface area contributed by atoms with Crippen LogP contribution in [0.5, 0.6) is 0 Å². The average Bonchev–Trinajstić information content (AvgIpc) is 2.72. The highest BCUT2D eigenvalue weighted by molar-refractivity contribution is 5.95. The van der Waals surface area contributed by atoms with E-state index in [4.69, 9.17) is 4.74 Å². The van der Waals surface area contributed by atoms with E-state index in [0.717, 1.165) is 52.4 Å². The Bertz CT molecular complexity index is 944. The largest absolute Gasteiger partial charge is 0.372 e. The van der Waals surface area contributed by atoms with Crippen molar-refractivity contribution in [1.82, 2.24) is 9.97 Å². The number of unbranched alkanes of at least 4 members (excludes halogenated alkanes) is 1. The van der Waals surface area contributed by atoms with Crippen LogP contribution < -0.4 is 5.32 Å². The number of nitrogens with one attached hydrogen (secondary N) is 1. The van der Waals surface area contributed by atoms with Crippen LogP contribution in [0.2, 0.25) is 0 Å². The third-order valence-electron chi connectivity index (χ3n) is 4.84. The van der Waals surface area contributed by atoms with Crippen LogP contribution >= 0.6 is 0 Å². The van der Waals surface area contributed by atoms with Gasteiger partial charge >= 0.3 is 0 Å². The molecule has 0 aliphatic heterocycles. The molecule has 2 aromatic heterocycles. The number of ether oxygens (including phenoxy) is 1. The third-order valence-corrected chi connectivity index (χ3v) is 4.84. The summed E-state index contributed by atoms with van der Waals surface area (Å²) in [6, 6.07) is 3.84. The van der Waals surface area contributed by atoms with Gasteiger partial charge in [-0.25, -0.2) is 4.98 Å². The zero-order chi connectivity index (χ0) is 21.4. The normalized spacial score (nSPS) is 13.4. The van der Waals surface area contributed by atoms with Gasteiger partial charge in [0, 0.05) is 30.3 Å². The van der Waals surface area contributed by atoms with E-state index in [2.05, 4.69) is 47.9 Å². The van der Waals surface area contributed by atoms with Crippen LogP contribution in [0, 0.1) is 0 Å². The molecule has 1 unspecified atom stereocenters. The van der Waals surface area contributed by atoms with Crippen molar-refractivity contribution in [2.45, 2.75) is 53.1 Å². The second-order valence-electron chi connectivity index (χ2n) is 7.14. The maximum absolute atomic E-state index is 12.0. The Morgan fingerprint density at radius 3 is 2.62 bits per heavy atom. The Balaban J connectivity index is 2.26. The second kappa shape index (κ2) is 10.7. The van der Waals surface area contributed by atoms with Crippen molar-refractivity contribution in [2.75, 3.05) is 12.4 Å². The van der Waals surface area contributed by atoms with Gasteiger partial charge in [0.1, 0.15) is 11.9 Å². The number of rotatable bonds is 9. The molecule has 29 heavy (non-hydrogen) atoms. The van der Waals surface area contributed by atoms with E-state index in [1.807, 2.05) is 25.3 Å². The lowest BCUT2D eigenvalue weighted by molar-refractivity contribution is -0.124. The molecule has 0 spiro atoms. The molecule has 2 heterocycles. The first-order valence-corrected chi connectivity index (χ1v) is 10.0. The highest BCUT2D eigenvalue weighted by Crippen LogP contribution is 2.26. The number of anilines is 1. The van der Waals surface area contributed by atoms with E-state index in [0.29, 0.717) is 5.82 Å². The summed E-state index contributed by atoms with van der Waals surface area (Å²) < 4.78 is 5.03. The Kier molecular flexibility index (Phi) is 8.28. The smallest absolute Gasteiger partial charge is 0.254 e. The Labute approximate surface area is 173 Å². The molecule has 2 rings (SSSR count). The average molecular weight is 394 g/mol. The minimum Gasteiger partial charge on any atom is -0.372 e. The molecule has 154 valence electrons. The van der Waals surface area contributed by atoms with Crippen LogP contribution in [0.3, 0.4) is 0 Å². The maximum atomic E-state index is 12.0. The molecular formula is C24H31N3O2. The third kappa shape index (κ3) is 6.09. The van der Waals surface area contributed by atoms with E-state index >= 15 is 0 Å². The lowest BCUT2D eigenvalue weighted by Crippen LogP contribution is -2.26. The molecule has 5 nitrogen and oxygen atoms in total. The molecule has 0 fully saturated rings. The molecule has 0 radical (unpaired) electrons. The van der Waals surface area contributed by atoms with Crippen molar-refractivity contribution in [3.8, 4) is 0 Å².